The molecule has 1 fully saturated rings. The zero-order valence-corrected chi connectivity index (χ0v) is 11.9. The number of hydrogen-bond donors (Lipinski definition) is 0. The van der Waals surface area contributed by atoms with Gasteiger partial charge in [0.05, 0.1) is 5.92 Å². The van der Waals surface area contributed by atoms with E-state index in [9.17, 15) is 9.18 Å². The molecule has 5 nitrogen and oxygen atoms in total. The van der Waals surface area contributed by atoms with Crippen molar-refractivity contribution in [3.05, 3.63) is 47.4 Å². The third-order valence-corrected chi connectivity index (χ3v) is 3.58. The molecule has 1 aliphatic rings. The Bertz CT molecular complexity index is 645. The van der Waals surface area contributed by atoms with E-state index in [0.29, 0.717) is 30.4 Å². The first-order valence-electron chi connectivity index (χ1n) is 6.93. The van der Waals surface area contributed by atoms with Gasteiger partial charge in [0.2, 0.25) is 5.89 Å². The zero-order chi connectivity index (χ0) is 15.0. The van der Waals surface area contributed by atoms with Gasteiger partial charge in [0.1, 0.15) is 5.82 Å². The Hall–Kier alpha value is -2.24. The summed E-state index contributed by atoms with van der Waals surface area (Å²) in [5.41, 5.74) is 0.489. The molecule has 2 aromatic rings. The maximum atomic E-state index is 12.8. The highest BCUT2D eigenvalue weighted by molar-refractivity contribution is 5.94. The van der Waals surface area contributed by atoms with Crippen molar-refractivity contribution in [3.8, 4) is 0 Å². The van der Waals surface area contributed by atoms with E-state index in [1.807, 2.05) is 13.8 Å². The topological polar surface area (TPSA) is 59.2 Å². The monoisotopic (exact) mass is 289 g/mol. The van der Waals surface area contributed by atoms with Gasteiger partial charge < -0.3 is 9.42 Å². The summed E-state index contributed by atoms with van der Waals surface area (Å²) in [6.07, 6.45) is 0. The quantitative estimate of drug-likeness (QED) is 0.871. The lowest BCUT2D eigenvalue weighted by Crippen LogP contribution is -2.48. The molecule has 0 N–H and O–H groups in total. The summed E-state index contributed by atoms with van der Waals surface area (Å²) in [5.74, 6) is 1.14. The summed E-state index contributed by atoms with van der Waals surface area (Å²) < 4.78 is 18.1. The van der Waals surface area contributed by atoms with E-state index in [1.54, 1.807) is 4.90 Å². The van der Waals surface area contributed by atoms with Gasteiger partial charge in [0.25, 0.3) is 5.91 Å². The van der Waals surface area contributed by atoms with Crippen LogP contribution >= 0.6 is 0 Å². The molecule has 0 saturated carbocycles. The van der Waals surface area contributed by atoms with Gasteiger partial charge in [0, 0.05) is 24.6 Å². The largest absolute Gasteiger partial charge is 0.339 e. The molecule has 0 radical (unpaired) electrons. The Morgan fingerprint density at radius 3 is 2.57 bits per heavy atom. The van der Waals surface area contributed by atoms with Crippen LogP contribution in [-0.4, -0.2) is 34.0 Å². The number of benzene rings is 1. The molecule has 3 rings (SSSR count). The normalized spacial score (nSPS) is 15.3. The summed E-state index contributed by atoms with van der Waals surface area (Å²) in [4.78, 5) is 18.2. The molecule has 110 valence electrons. The molecule has 1 amide bonds. The molecule has 6 heteroatoms. The van der Waals surface area contributed by atoms with Crippen LogP contribution in [0.4, 0.5) is 4.39 Å². The van der Waals surface area contributed by atoms with Gasteiger partial charge in [-0.15, -0.1) is 0 Å². The van der Waals surface area contributed by atoms with Gasteiger partial charge in [-0.05, 0) is 24.3 Å². The van der Waals surface area contributed by atoms with Crippen LogP contribution in [0.2, 0.25) is 0 Å². The fourth-order valence-electron chi connectivity index (χ4n) is 2.22. The molecule has 0 aliphatic carbocycles. The number of aromatic nitrogens is 2. The van der Waals surface area contributed by atoms with Crippen LogP contribution in [0.5, 0.6) is 0 Å². The highest BCUT2D eigenvalue weighted by Crippen LogP contribution is 2.28. The number of rotatable bonds is 3. The second kappa shape index (κ2) is 5.27. The highest BCUT2D eigenvalue weighted by atomic mass is 19.1. The number of nitrogens with zero attached hydrogens (tertiary/aromatic N) is 3. The molecule has 21 heavy (non-hydrogen) atoms. The van der Waals surface area contributed by atoms with Crippen molar-refractivity contribution in [1.82, 2.24) is 15.0 Å². The number of hydrogen-bond acceptors (Lipinski definition) is 4. The molecule has 1 aromatic heterocycles. The van der Waals surface area contributed by atoms with Crippen molar-refractivity contribution >= 4 is 5.91 Å². The molecule has 0 bridgehead atoms. The molecule has 0 unspecified atom stereocenters. The summed E-state index contributed by atoms with van der Waals surface area (Å²) >= 11 is 0. The maximum absolute atomic E-state index is 12.8. The Kier molecular flexibility index (Phi) is 3.45. The van der Waals surface area contributed by atoms with Crippen LogP contribution in [0.25, 0.3) is 0 Å². The minimum absolute atomic E-state index is 0.0920. The minimum atomic E-state index is -0.347. The van der Waals surface area contributed by atoms with Crippen molar-refractivity contribution in [2.45, 2.75) is 25.7 Å². The first-order chi connectivity index (χ1) is 10.0. The van der Waals surface area contributed by atoms with E-state index in [0.717, 1.165) is 0 Å². The third kappa shape index (κ3) is 2.66. The van der Waals surface area contributed by atoms with Crippen LogP contribution < -0.4 is 0 Å². The molecule has 0 spiro atoms. The number of carbonyl (C=O) groups is 1. The summed E-state index contributed by atoms with van der Waals surface area (Å²) in [7, 11) is 0. The average molecular weight is 289 g/mol. The third-order valence-electron chi connectivity index (χ3n) is 3.58. The molecule has 1 aromatic carbocycles. The van der Waals surface area contributed by atoms with Gasteiger partial charge in [-0.25, -0.2) is 4.39 Å². The van der Waals surface area contributed by atoms with Crippen LogP contribution in [0.1, 0.15) is 47.8 Å². The summed E-state index contributed by atoms with van der Waals surface area (Å²) in [6, 6.07) is 5.57. The standard InChI is InChI=1S/C15H16FN3O2/c1-9(2)13-17-14(21-18-13)11-7-19(8-11)15(20)10-3-5-12(16)6-4-10/h3-6,9,11H,7-8H2,1-2H3. The van der Waals surface area contributed by atoms with E-state index in [-0.39, 0.29) is 23.6 Å². The van der Waals surface area contributed by atoms with E-state index in [2.05, 4.69) is 10.1 Å². The molecule has 1 saturated heterocycles. The number of carbonyl (C=O) groups excluding carboxylic acids is 1. The van der Waals surface area contributed by atoms with Gasteiger partial charge in [-0.2, -0.15) is 4.98 Å². The first-order valence-corrected chi connectivity index (χ1v) is 6.93. The molecular formula is C15H16FN3O2. The Morgan fingerprint density at radius 1 is 1.33 bits per heavy atom. The maximum Gasteiger partial charge on any atom is 0.253 e. The molecular weight excluding hydrogens is 273 g/mol. The van der Waals surface area contributed by atoms with Gasteiger partial charge in [-0.3, -0.25) is 4.79 Å². The Morgan fingerprint density at radius 2 is 2.00 bits per heavy atom. The second-order valence-electron chi connectivity index (χ2n) is 5.56. The number of halogens is 1. The lowest BCUT2D eigenvalue weighted by Gasteiger charge is -2.37. The van der Waals surface area contributed by atoms with Crippen molar-refractivity contribution in [1.29, 1.82) is 0 Å². The van der Waals surface area contributed by atoms with Crippen LogP contribution in [0.15, 0.2) is 28.8 Å². The average Bonchev–Trinajstić information content (AvgIpc) is 2.87. The lowest BCUT2D eigenvalue weighted by molar-refractivity contribution is 0.0569. The summed E-state index contributed by atoms with van der Waals surface area (Å²) in [6.45, 7) is 5.10. The Labute approximate surface area is 121 Å². The van der Waals surface area contributed by atoms with Crippen LogP contribution in [0, 0.1) is 5.82 Å². The van der Waals surface area contributed by atoms with Crippen LogP contribution in [0.3, 0.4) is 0 Å². The Balaban J connectivity index is 1.62. The van der Waals surface area contributed by atoms with Crippen molar-refractivity contribution in [3.63, 3.8) is 0 Å². The predicted molar refractivity (Wildman–Crippen MR) is 73.4 cm³/mol. The highest BCUT2D eigenvalue weighted by Gasteiger charge is 2.36. The predicted octanol–water partition coefficient (Wildman–Crippen LogP) is 2.57. The van der Waals surface area contributed by atoms with E-state index < -0.39 is 0 Å². The van der Waals surface area contributed by atoms with E-state index >= 15 is 0 Å². The van der Waals surface area contributed by atoms with Crippen LogP contribution in [-0.2, 0) is 0 Å². The lowest BCUT2D eigenvalue weighted by atomic mass is 9.98. The van der Waals surface area contributed by atoms with E-state index in [4.69, 9.17) is 4.52 Å². The molecule has 0 atom stereocenters. The van der Waals surface area contributed by atoms with Gasteiger partial charge >= 0.3 is 0 Å². The number of likely N-dealkylation sites (tertiary alicyclic amines) is 1. The number of amides is 1. The van der Waals surface area contributed by atoms with Crippen molar-refractivity contribution in [2.24, 2.45) is 0 Å². The van der Waals surface area contributed by atoms with E-state index in [1.165, 1.54) is 24.3 Å². The fourth-order valence-corrected chi connectivity index (χ4v) is 2.22. The summed E-state index contributed by atoms with van der Waals surface area (Å²) in [5, 5.41) is 3.93. The van der Waals surface area contributed by atoms with Crippen molar-refractivity contribution in [2.75, 3.05) is 13.1 Å². The zero-order valence-electron chi connectivity index (χ0n) is 11.9. The smallest absolute Gasteiger partial charge is 0.253 e. The minimum Gasteiger partial charge on any atom is -0.339 e. The van der Waals surface area contributed by atoms with Gasteiger partial charge in [0.15, 0.2) is 5.82 Å². The molecule has 1 aliphatic heterocycles. The SMILES string of the molecule is CC(C)c1noc(C2CN(C(=O)c3ccc(F)cc3)C2)n1. The fraction of sp³-hybridized carbons (Fsp3) is 0.400. The molecule has 2 heterocycles. The van der Waals surface area contributed by atoms with Crippen molar-refractivity contribution < 1.29 is 13.7 Å². The first kappa shape index (κ1) is 13.7. The second-order valence-corrected chi connectivity index (χ2v) is 5.56. The van der Waals surface area contributed by atoms with Gasteiger partial charge in [-0.1, -0.05) is 19.0 Å².